The van der Waals surface area contributed by atoms with Crippen LogP contribution in [0.15, 0.2) is 48.5 Å². The van der Waals surface area contributed by atoms with Crippen molar-refractivity contribution in [1.82, 2.24) is 9.80 Å². The summed E-state index contributed by atoms with van der Waals surface area (Å²) in [6.45, 7) is 1.08. The highest BCUT2D eigenvalue weighted by atomic mass is 16.6. The number of fused-ring (bicyclic) bond motifs is 2. The molecule has 0 aliphatic carbocycles. The molecule has 0 radical (unpaired) electrons. The van der Waals surface area contributed by atoms with Gasteiger partial charge in [-0.05, 0) is 24.3 Å². The zero-order valence-electron chi connectivity index (χ0n) is 21.1. The maximum atomic E-state index is 13.1. The Labute approximate surface area is 221 Å². The van der Waals surface area contributed by atoms with E-state index in [9.17, 15) is 38.9 Å². The zero-order chi connectivity index (χ0) is 28.6. The highest BCUT2D eigenvalue weighted by Crippen LogP contribution is 2.34. The molecule has 13 nitrogen and oxygen atoms in total. The van der Waals surface area contributed by atoms with Crippen LogP contribution in [-0.4, -0.2) is 82.1 Å². The van der Waals surface area contributed by atoms with E-state index in [-0.39, 0.29) is 22.3 Å². The summed E-state index contributed by atoms with van der Waals surface area (Å²) in [5.74, 6) is -5.59. The molecule has 0 saturated heterocycles. The van der Waals surface area contributed by atoms with E-state index in [2.05, 4.69) is 0 Å². The molecular formula is C26H23N3O10. The van der Waals surface area contributed by atoms with Gasteiger partial charge in [-0.1, -0.05) is 24.3 Å². The molecule has 0 fully saturated rings. The first-order valence-electron chi connectivity index (χ1n) is 11.7. The van der Waals surface area contributed by atoms with E-state index in [1.807, 2.05) is 0 Å². The van der Waals surface area contributed by atoms with Gasteiger partial charge in [0.25, 0.3) is 23.6 Å². The van der Waals surface area contributed by atoms with Gasteiger partial charge in [-0.25, -0.2) is 9.59 Å². The van der Waals surface area contributed by atoms with Gasteiger partial charge in [0.1, 0.15) is 12.1 Å². The van der Waals surface area contributed by atoms with Crippen molar-refractivity contribution in [2.45, 2.75) is 37.4 Å². The number of nitrogens with zero attached hydrogens (tertiary/aromatic N) is 3. The number of rotatable bonds is 9. The monoisotopic (exact) mass is 537 g/mol. The van der Waals surface area contributed by atoms with E-state index in [1.165, 1.54) is 48.5 Å². The summed E-state index contributed by atoms with van der Waals surface area (Å²) < 4.78 is 9.56. The molecular weight excluding hydrogens is 514 g/mol. The van der Waals surface area contributed by atoms with Gasteiger partial charge >= 0.3 is 11.9 Å². The maximum absolute atomic E-state index is 13.1. The molecule has 2 aromatic carbocycles. The second-order valence-electron chi connectivity index (χ2n) is 9.29. The van der Waals surface area contributed by atoms with E-state index in [0.29, 0.717) is 9.80 Å². The van der Waals surface area contributed by atoms with Crippen molar-refractivity contribution in [2.24, 2.45) is 0 Å². The Bertz CT molecular complexity index is 1270. The lowest BCUT2D eigenvalue weighted by Gasteiger charge is -2.33. The van der Waals surface area contributed by atoms with Gasteiger partial charge in [0.2, 0.25) is 5.54 Å². The number of amides is 4. The van der Waals surface area contributed by atoms with E-state index in [1.54, 1.807) is 0 Å². The van der Waals surface area contributed by atoms with Crippen molar-refractivity contribution in [3.63, 3.8) is 0 Å². The predicted octanol–water partition coefficient (Wildman–Crippen LogP) is 1.48. The average molecular weight is 537 g/mol. The summed E-state index contributed by atoms with van der Waals surface area (Å²) in [6, 6.07) is 8.10. The smallest absolute Gasteiger partial charge is 0.329 e. The van der Waals surface area contributed by atoms with Crippen LogP contribution in [0.25, 0.3) is 0 Å². The van der Waals surface area contributed by atoms with Gasteiger partial charge < -0.3 is 9.47 Å². The molecule has 0 bridgehead atoms. The molecule has 202 valence electrons. The van der Waals surface area contributed by atoms with Crippen LogP contribution in [0.3, 0.4) is 0 Å². The van der Waals surface area contributed by atoms with E-state index in [4.69, 9.17) is 9.47 Å². The van der Waals surface area contributed by atoms with Gasteiger partial charge in [-0.15, -0.1) is 0 Å². The lowest BCUT2D eigenvalue weighted by molar-refractivity contribution is -0.569. The first kappa shape index (κ1) is 27.1. The minimum Gasteiger partial charge on any atom is -0.467 e. The van der Waals surface area contributed by atoms with Crippen molar-refractivity contribution in [3.05, 3.63) is 80.9 Å². The second-order valence-corrected chi connectivity index (χ2v) is 9.29. The predicted molar refractivity (Wildman–Crippen MR) is 130 cm³/mol. The first-order valence-corrected chi connectivity index (χ1v) is 11.7. The second kappa shape index (κ2) is 10.1. The van der Waals surface area contributed by atoms with Crippen LogP contribution in [0.5, 0.6) is 0 Å². The summed E-state index contributed by atoms with van der Waals surface area (Å²) in [7, 11) is 1.99. The number of carbonyl (C=O) groups excluding carboxylic acids is 6. The van der Waals surface area contributed by atoms with Crippen molar-refractivity contribution in [2.75, 3.05) is 14.2 Å². The Kier molecular flexibility index (Phi) is 7.01. The number of hydrogen-bond acceptors (Lipinski definition) is 10. The Morgan fingerprint density at radius 3 is 1.26 bits per heavy atom. The SMILES string of the molecule is COC(=O)C(CC(C)(CC(C(=O)OC)N1C(=O)c2ccccc2C1=O)[N+](=O)[O-])N1C(=O)c2ccccc2C1=O. The van der Waals surface area contributed by atoms with E-state index >= 15 is 0 Å². The van der Waals surface area contributed by atoms with Crippen LogP contribution in [0.1, 0.15) is 61.2 Å². The summed E-state index contributed by atoms with van der Waals surface area (Å²) in [6.07, 6.45) is -1.57. The molecule has 2 heterocycles. The molecule has 2 aromatic rings. The fraction of sp³-hybridized carbons (Fsp3) is 0.308. The minimum absolute atomic E-state index is 0.0117. The Balaban J connectivity index is 1.72. The molecule has 13 heteroatoms. The van der Waals surface area contributed by atoms with Crippen molar-refractivity contribution in [1.29, 1.82) is 0 Å². The lowest BCUT2D eigenvalue weighted by Crippen LogP contribution is -2.55. The Morgan fingerprint density at radius 1 is 0.744 bits per heavy atom. The lowest BCUT2D eigenvalue weighted by atomic mass is 9.85. The van der Waals surface area contributed by atoms with Crippen molar-refractivity contribution < 1.29 is 43.2 Å². The van der Waals surface area contributed by atoms with Crippen molar-refractivity contribution >= 4 is 35.6 Å². The van der Waals surface area contributed by atoms with Crippen LogP contribution < -0.4 is 0 Å². The van der Waals surface area contributed by atoms with Crippen LogP contribution in [0.2, 0.25) is 0 Å². The average Bonchev–Trinajstić information content (AvgIpc) is 3.34. The number of methoxy groups -OCH3 is 2. The van der Waals surface area contributed by atoms with Gasteiger partial charge in [-0.3, -0.25) is 39.1 Å². The van der Waals surface area contributed by atoms with E-state index in [0.717, 1.165) is 21.1 Å². The minimum atomic E-state index is -2.23. The summed E-state index contributed by atoms with van der Waals surface area (Å²) in [5.41, 5.74) is -2.19. The molecule has 39 heavy (non-hydrogen) atoms. The highest BCUT2D eigenvalue weighted by Gasteiger charge is 2.54. The Morgan fingerprint density at radius 2 is 1.03 bits per heavy atom. The maximum Gasteiger partial charge on any atom is 0.329 e. The standard InChI is InChI=1S/C26H23N3O10/c1-26(29(36)37,12-18(24(34)38-2)27-20(30)14-8-4-5-9-15(14)21(27)31)13-19(25(35)39-3)28-22(32)16-10-6-7-11-17(16)23(28)33/h4-11,18-19H,12-13H2,1-3H3. The number of nitro groups is 1. The molecule has 0 saturated carbocycles. The molecule has 4 rings (SSSR count). The molecule has 2 atom stereocenters. The third kappa shape index (κ3) is 4.41. The summed E-state index contributed by atoms with van der Waals surface area (Å²) in [5, 5.41) is 12.4. The number of esters is 2. The van der Waals surface area contributed by atoms with Crippen LogP contribution >= 0.6 is 0 Å². The van der Waals surface area contributed by atoms with Gasteiger partial charge in [0.15, 0.2) is 0 Å². The van der Waals surface area contributed by atoms with Gasteiger partial charge in [-0.2, -0.15) is 0 Å². The third-order valence-corrected chi connectivity index (χ3v) is 6.93. The number of carbonyl (C=O) groups is 6. The molecule has 2 aliphatic heterocycles. The molecule has 0 N–H and O–H groups in total. The van der Waals surface area contributed by atoms with Crippen LogP contribution in [-0.2, 0) is 19.1 Å². The molecule has 4 amide bonds. The fourth-order valence-corrected chi connectivity index (χ4v) is 4.88. The molecule has 2 unspecified atom stereocenters. The summed E-state index contributed by atoms with van der Waals surface area (Å²) >= 11 is 0. The largest absolute Gasteiger partial charge is 0.467 e. The van der Waals surface area contributed by atoms with Gasteiger partial charge in [0, 0.05) is 24.7 Å². The van der Waals surface area contributed by atoms with E-state index < -0.39 is 71.0 Å². The molecule has 2 aliphatic rings. The van der Waals surface area contributed by atoms with Crippen molar-refractivity contribution in [3.8, 4) is 0 Å². The Hall–Kier alpha value is -4.94. The van der Waals surface area contributed by atoms with Crippen LogP contribution in [0.4, 0.5) is 0 Å². The van der Waals surface area contributed by atoms with Gasteiger partial charge in [0.05, 0.1) is 36.5 Å². The quantitative estimate of drug-likeness (QED) is 0.197. The fourth-order valence-electron chi connectivity index (χ4n) is 4.88. The number of imide groups is 2. The number of benzene rings is 2. The summed E-state index contributed by atoms with van der Waals surface area (Å²) in [4.78, 5) is 90.8. The topological polar surface area (TPSA) is 171 Å². The third-order valence-electron chi connectivity index (χ3n) is 6.93. The van der Waals surface area contributed by atoms with Crippen LogP contribution in [0, 0.1) is 10.1 Å². The molecule has 0 aromatic heterocycles. The highest BCUT2D eigenvalue weighted by molar-refractivity contribution is 6.23. The zero-order valence-corrected chi connectivity index (χ0v) is 21.1. The number of hydrogen-bond donors (Lipinski definition) is 0. The number of ether oxygens (including phenoxy) is 2. The first-order chi connectivity index (χ1) is 18.5. The normalized spacial score (nSPS) is 17.3. The molecule has 0 spiro atoms.